The van der Waals surface area contributed by atoms with E-state index < -0.39 is 0 Å². The first kappa shape index (κ1) is 25.7. The molecule has 36 heavy (non-hydrogen) atoms. The molecule has 190 valence electrons. The average molecular weight is 489 g/mol. The van der Waals surface area contributed by atoms with Crippen LogP contribution in [-0.4, -0.2) is 32.7 Å². The van der Waals surface area contributed by atoms with Gasteiger partial charge in [0.25, 0.3) is 0 Å². The van der Waals surface area contributed by atoms with Gasteiger partial charge in [-0.3, -0.25) is 4.79 Å². The van der Waals surface area contributed by atoms with Crippen LogP contribution in [0.15, 0.2) is 60.7 Å². The van der Waals surface area contributed by atoms with Crippen molar-refractivity contribution in [3.05, 3.63) is 94.3 Å². The smallest absolute Gasteiger partial charge is 0.306 e. The van der Waals surface area contributed by atoms with Crippen LogP contribution in [0.5, 0.6) is 0 Å². The van der Waals surface area contributed by atoms with Crippen molar-refractivity contribution in [2.45, 2.75) is 52.5 Å². The fourth-order valence-corrected chi connectivity index (χ4v) is 5.11. The van der Waals surface area contributed by atoms with Crippen LogP contribution in [0, 0.1) is 12.7 Å². The van der Waals surface area contributed by atoms with E-state index >= 15 is 0 Å². The molecular weight excluding hydrogens is 451 g/mol. The molecule has 0 radical (unpaired) electrons. The van der Waals surface area contributed by atoms with Crippen molar-refractivity contribution in [1.29, 1.82) is 0 Å². The summed E-state index contributed by atoms with van der Waals surface area (Å²) in [7, 11) is 2.00. The zero-order valence-electron chi connectivity index (χ0n) is 21.7. The van der Waals surface area contributed by atoms with Crippen molar-refractivity contribution in [3.63, 3.8) is 0 Å². The van der Waals surface area contributed by atoms with Gasteiger partial charge >= 0.3 is 5.97 Å². The molecule has 0 amide bonds. The van der Waals surface area contributed by atoms with Gasteiger partial charge in [-0.1, -0.05) is 48.5 Å². The summed E-state index contributed by atoms with van der Waals surface area (Å²) in [4.78, 5) is 16.3. The average Bonchev–Trinajstić information content (AvgIpc) is 2.89. The number of hydrogen-bond donors (Lipinski definition) is 0. The predicted molar refractivity (Wildman–Crippen MR) is 145 cm³/mol. The van der Waals surface area contributed by atoms with Crippen molar-refractivity contribution >= 4 is 17.3 Å². The highest BCUT2D eigenvalue weighted by molar-refractivity contribution is 5.69. The molecule has 0 saturated heterocycles. The molecule has 0 unspecified atom stereocenters. The largest absolute Gasteiger partial charge is 0.466 e. The number of aryl methyl sites for hydroxylation is 2. The number of esters is 1. The lowest BCUT2D eigenvalue weighted by Gasteiger charge is -2.34. The summed E-state index contributed by atoms with van der Waals surface area (Å²) in [5.41, 5.74) is 8.11. The van der Waals surface area contributed by atoms with Crippen LogP contribution in [0.25, 0.3) is 0 Å². The normalized spacial score (nSPS) is 12.8. The van der Waals surface area contributed by atoms with Crippen LogP contribution in [0.1, 0.15) is 47.6 Å². The minimum Gasteiger partial charge on any atom is -0.466 e. The summed E-state index contributed by atoms with van der Waals surface area (Å²) in [6.07, 6.45) is 3.87. The molecule has 0 aliphatic carbocycles. The number of hydrogen-bond acceptors (Lipinski definition) is 4. The Morgan fingerprint density at radius 2 is 1.83 bits per heavy atom. The SMILES string of the molecule is CCOC(=O)CCc1ccc(N(C)Cc2ccc3c(c2C)N(CCc2ccccc2)CCC3)cc1F. The fraction of sp³-hybridized carbons (Fsp3) is 0.387. The van der Waals surface area contributed by atoms with Gasteiger partial charge < -0.3 is 14.5 Å². The topological polar surface area (TPSA) is 32.8 Å². The maximum absolute atomic E-state index is 14.8. The predicted octanol–water partition coefficient (Wildman–Crippen LogP) is 6.26. The second kappa shape index (κ2) is 12.1. The van der Waals surface area contributed by atoms with Gasteiger partial charge in [-0.25, -0.2) is 4.39 Å². The molecule has 0 spiro atoms. The molecule has 1 aliphatic heterocycles. The molecule has 4 rings (SSSR count). The molecule has 0 fully saturated rings. The van der Waals surface area contributed by atoms with Gasteiger partial charge in [-0.05, 0) is 79.5 Å². The molecule has 0 saturated carbocycles. The summed E-state index contributed by atoms with van der Waals surface area (Å²) in [5, 5.41) is 0. The van der Waals surface area contributed by atoms with Crippen LogP contribution in [-0.2, 0) is 35.3 Å². The first-order chi connectivity index (χ1) is 17.5. The van der Waals surface area contributed by atoms with Gasteiger partial charge in [0.2, 0.25) is 0 Å². The van der Waals surface area contributed by atoms with Crippen LogP contribution in [0.4, 0.5) is 15.8 Å². The first-order valence-corrected chi connectivity index (χ1v) is 13.0. The quantitative estimate of drug-likeness (QED) is 0.315. The van der Waals surface area contributed by atoms with E-state index in [9.17, 15) is 9.18 Å². The molecule has 4 nitrogen and oxygen atoms in total. The number of nitrogens with zero attached hydrogens (tertiary/aromatic N) is 2. The number of benzene rings is 3. The second-order valence-corrected chi connectivity index (χ2v) is 9.62. The number of carbonyl (C=O) groups excluding carboxylic acids is 1. The van der Waals surface area contributed by atoms with Crippen molar-refractivity contribution in [2.24, 2.45) is 0 Å². The van der Waals surface area contributed by atoms with E-state index in [2.05, 4.69) is 59.2 Å². The van der Waals surface area contributed by atoms with Crippen molar-refractivity contribution in [3.8, 4) is 0 Å². The van der Waals surface area contributed by atoms with E-state index in [1.165, 1.54) is 34.4 Å². The Labute approximate surface area is 214 Å². The third-order valence-electron chi connectivity index (χ3n) is 7.12. The molecule has 1 aliphatic rings. The van der Waals surface area contributed by atoms with Gasteiger partial charge in [0.15, 0.2) is 0 Å². The highest BCUT2D eigenvalue weighted by Gasteiger charge is 2.21. The molecule has 0 bridgehead atoms. The van der Waals surface area contributed by atoms with Gasteiger partial charge in [0.05, 0.1) is 6.61 Å². The molecular formula is C31H37FN2O2. The third kappa shape index (κ3) is 6.26. The molecule has 0 atom stereocenters. The number of halogens is 1. The Kier molecular flexibility index (Phi) is 8.63. The standard InChI is InChI=1S/C31H37FN2O2/c1-4-36-30(35)17-15-25-14-16-28(21-29(25)32)33(3)22-27-13-12-26-11-8-19-34(31(26)23(27)2)20-18-24-9-6-5-7-10-24/h5-7,9-10,12-14,16,21H,4,8,11,15,17-20,22H2,1-3H3. The molecule has 0 aromatic heterocycles. The van der Waals surface area contributed by atoms with Gasteiger partial charge in [-0.15, -0.1) is 0 Å². The Morgan fingerprint density at radius 3 is 2.58 bits per heavy atom. The fourth-order valence-electron chi connectivity index (χ4n) is 5.11. The summed E-state index contributed by atoms with van der Waals surface area (Å²) in [6.45, 7) is 7.14. The number of ether oxygens (including phenoxy) is 1. The van der Waals surface area contributed by atoms with E-state index in [1.54, 1.807) is 19.1 Å². The summed E-state index contributed by atoms with van der Waals surface area (Å²) >= 11 is 0. The van der Waals surface area contributed by atoms with Crippen molar-refractivity contribution in [1.82, 2.24) is 0 Å². The minimum absolute atomic E-state index is 0.190. The van der Waals surface area contributed by atoms with Gasteiger partial charge in [0, 0.05) is 44.5 Å². The minimum atomic E-state index is -0.293. The molecule has 5 heteroatoms. The Bertz CT molecular complexity index is 1180. The first-order valence-electron chi connectivity index (χ1n) is 13.0. The zero-order chi connectivity index (χ0) is 25.5. The van der Waals surface area contributed by atoms with E-state index in [1.807, 2.05) is 13.1 Å². The number of rotatable bonds is 10. The number of carbonyl (C=O) groups is 1. The van der Waals surface area contributed by atoms with Crippen LogP contribution in [0.2, 0.25) is 0 Å². The van der Waals surface area contributed by atoms with E-state index in [0.29, 0.717) is 25.1 Å². The summed E-state index contributed by atoms with van der Waals surface area (Å²) < 4.78 is 19.7. The number of fused-ring (bicyclic) bond motifs is 1. The lowest BCUT2D eigenvalue weighted by Crippen LogP contribution is -2.32. The lowest BCUT2D eigenvalue weighted by atomic mass is 9.94. The van der Waals surface area contributed by atoms with E-state index in [4.69, 9.17) is 4.74 Å². The van der Waals surface area contributed by atoms with Crippen LogP contribution < -0.4 is 9.80 Å². The van der Waals surface area contributed by atoms with Gasteiger partial charge in [-0.2, -0.15) is 0 Å². The van der Waals surface area contributed by atoms with Crippen LogP contribution >= 0.6 is 0 Å². The monoisotopic (exact) mass is 488 g/mol. The highest BCUT2D eigenvalue weighted by atomic mass is 19.1. The maximum atomic E-state index is 14.8. The highest BCUT2D eigenvalue weighted by Crippen LogP contribution is 2.34. The van der Waals surface area contributed by atoms with Crippen LogP contribution in [0.3, 0.4) is 0 Å². The van der Waals surface area contributed by atoms with Crippen molar-refractivity contribution in [2.75, 3.05) is 36.5 Å². The molecule has 1 heterocycles. The Hall–Kier alpha value is -3.34. The molecule has 3 aromatic carbocycles. The Morgan fingerprint density at radius 1 is 1.06 bits per heavy atom. The molecule has 0 N–H and O–H groups in total. The van der Waals surface area contributed by atoms with Gasteiger partial charge in [0.1, 0.15) is 5.82 Å². The van der Waals surface area contributed by atoms with E-state index in [-0.39, 0.29) is 18.2 Å². The zero-order valence-corrected chi connectivity index (χ0v) is 21.7. The summed E-state index contributed by atoms with van der Waals surface area (Å²) in [6, 6.07) is 20.5. The molecule has 3 aromatic rings. The lowest BCUT2D eigenvalue weighted by molar-refractivity contribution is -0.143. The third-order valence-corrected chi connectivity index (χ3v) is 7.12. The maximum Gasteiger partial charge on any atom is 0.306 e. The second-order valence-electron chi connectivity index (χ2n) is 9.62. The number of anilines is 2. The Balaban J connectivity index is 1.46. The van der Waals surface area contributed by atoms with E-state index in [0.717, 1.165) is 31.6 Å². The van der Waals surface area contributed by atoms with Crippen molar-refractivity contribution < 1.29 is 13.9 Å². The summed E-state index contributed by atoms with van der Waals surface area (Å²) in [5.74, 6) is -0.573.